The monoisotopic (exact) mass is 601 g/mol. The number of carbonyl (C=O) groups excluding carboxylic acids is 2. The number of imide groups is 1. The van der Waals surface area contributed by atoms with Gasteiger partial charge in [-0.3, -0.25) is 14.5 Å². The van der Waals surface area contributed by atoms with Crippen molar-refractivity contribution in [3.63, 3.8) is 0 Å². The van der Waals surface area contributed by atoms with E-state index in [2.05, 4.69) is 0 Å². The molecule has 0 N–H and O–H groups in total. The molecular formula is C24H15Cl3FNO6S2. The van der Waals surface area contributed by atoms with Crippen LogP contribution in [0.2, 0.25) is 15.1 Å². The van der Waals surface area contributed by atoms with Gasteiger partial charge in [-0.2, -0.15) is 8.42 Å². The average molecular weight is 603 g/mol. The lowest BCUT2D eigenvalue weighted by molar-refractivity contribution is -0.123. The largest absolute Gasteiger partial charge is 0.493 e. The topological polar surface area (TPSA) is 90.0 Å². The van der Waals surface area contributed by atoms with E-state index < -0.39 is 27.1 Å². The number of carbonyl (C=O) groups is 2. The van der Waals surface area contributed by atoms with Crippen LogP contribution in [0.1, 0.15) is 11.1 Å². The minimum absolute atomic E-state index is 0.0198. The molecule has 0 aromatic heterocycles. The van der Waals surface area contributed by atoms with Crippen molar-refractivity contribution in [1.29, 1.82) is 0 Å². The van der Waals surface area contributed by atoms with Crippen molar-refractivity contribution in [2.75, 3.05) is 7.11 Å². The van der Waals surface area contributed by atoms with Gasteiger partial charge in [0, 0.05) is 10.0 Å². The Morgan fingerprint density at radius 1 is 1.00 bits per heavy atom. The highest BCUT2D eigenvalue weighted by atomic mass is 35.5. The molecule has 3 aromatic rings. The summed E-state index contributed by atoms with van der Waals surface area (Å²) in [6.07, 6.45) is 1.41. The van der Waals surface area contributed by atoms with Crippen LogP contribution in [0.25, 0.3) is 6.08 Å². The summed E-state index contributed by atoms with van der Waals surface area (Å²) in [5.74, 6) is -1.40. The minimum Gasteiger partial charge on any atom is -0.493 e. The number of thioether (sulfide) groups is 1. The lowest BCUT2D eigenvalue weighted by Crippen LogP contribution is -2.27. The van der Waals surface area contributed by atoms with Crippen molar-refractivity contribution < 1.29 is 31.3 Å². The van der Waals surface area contributed by atoms with Gasteiger partial charge in [0.05, 0.1) is 23.6 Å². The zero-order chi connectivity index (χ0) is 26.9. The number of amides is 2. The zero-order valence-corrected chi connectivity index (χ0v) is 22.6. The Kier molecular flexibility index (Phi) is 8.05. The fourth-order valence-corrected chi connectivity index (χ4v) is 5.72. The molecule has 0 unspecified atom stereocenters. The zero-order valence-electron chi connectivity index (χ0n) is 18.7. The maximum Gasteiger partial charge on any atom is 0.339 e. The maximum atomic E-state index is 13.3. The van der Waals surface area contributed by atoms with Crippen LogP contribution >= 0.6 is 46.6 Å². The molecule has 0 radical (unpaired) electrons. The molecule has 1 aliphatic heterocycles. The maximum absolute atomic E-state index is 13.3. The first-order valence-corrected chi connectivity index (χ1v) is 13.6. The summed E-state index contributed by atoms with van der Waals surface area (Å²) in [6, 6.07) is 11.8. The van der Waals surface area contributed by atoms with E-state index in [4.69, 9.17) is 43.7 Å². The molecule has 1 heterocycles. The SMILES string of the molecule is COc1cc(/C=C2\SC(=O)N(Cc3ccc(F)cc3Cl)C2=O)cc(Cl)c1OS(=O)(=O)c1ccc(Cl)cc1. The van der Waals surface area contributed by atoms with Crippen molar-refractivity contribution in [2.45, 2.75) is 11.4 Å². The van der Waals surface area contributed by atoms with Gasteiger partial charge >= 0.3 is 10.1 Å². The lowest BCUT2D eigenvalue weighted by Gasteiger charge is -2.14. The third kappa shape index (κ3) is 6.05. The summed E-state index contributed by atoms with van der Waals surface area (Å²) in [5.41, 5.74) is 0.753. The van der Waals surface area contributed by atoms with Crippen molar-refractivity contribution >= 4 is 73.9 Å². The normalized spacial score (nSPS) is 14.9. The lowest BCUT2D eigenvalue weighted by atomic mass is 10.1. The highest BCUT2D eigenvalue weighted by Gasteiger charge is 2.35. The van der Waals surface area contributed by atoms with Crippen molar-refractivity contribution in [3.8, 4) is 11.5 Å². The van der Waals surface area contributed by atoms with E-state index in [-0.39, 0.29) is 37.9 Å². The molecule has 1 aliphatic rings. The molecule has 3 aromatic carbocycles. The number of ether oxygens (including phenoxy) is 1. The Morgan fingerprint density at radius 3 is 2.35 bits per heavy atom. The summed E-state index contributed by atoms with van der Waals surface area (Å²) in [6.45, 7) is -0.138. The Bertz CT molecular complexity index is 1540. The van der Waals surface area contributed by atoms with Crippen LogP contribution in [-0.2, 0) is 21.5 Å². The molecule has 192 valence electrons. The van der Waals surface area contributed by atoms with Crippen molar-refractivity contribution in [1.82, 2.24) is 4.90 Å². The third-order valence-corrected chi connectivity index (χ3v) is 8.09. The van der Waals surface area contributed by atoms with Gasteiger partial charge in [-0.05, 0) is 77.5 Å². The van der Waals surface area contributed by atoms with Crippen molar-refractivity contribution in [2.24, 2.45) is 0 Å². The van der Waals surface area contributed by atoms with Gasteiger partial charge in [-0.25, -0.2) is 4.39 Å². The second-order valence-electron chi connectivity index (χ2n) is 7.53. The summed E-state index contributed by atoms with van der Waals surface area (Å²) in [5, 5.41) is -0.211. The van der Waals surface area contributed by atoms with E-state index in [1.807, 2.05) is 0 Å². The number of nitrogens with zero attached hydrogens (tertiary/aromatic N) is 1. The number of halogens is 4. The van der Waals surface area contributed by atoms with Crippen LogP contribution in [-0.4, -0.2) is 31.6 Å². The average Bonchev–Trinajstić information content (AvgIpc) is 3.09. The molecule has 0 saturated carbocycles. The summed E-state index contributed by atoms with van der Waals surface area (Å²) >= 11 is 18.8. The summed E-state index contributed by atoms with van der Waals surface area (Å²) < 4.78 is 49.2. The molecule has 1 saturated heterocycles. The number of hydrogen-bond acceptors (Lipinski definition) is 7. The van der Waals surface area contributed by atoms with E-state index in [1.165, 1.54) is 61.7 Å². The van der Waals surface area contributed by atoms with Crippen molar-refractivity contribution in [3.05, 3.63) is 91.5 Å². The second kappa shape index (κ2) is 10.9. The molecule has 2 amide bonds. The molecule has 0 bridgehead atoms. The van der Waals surface area contributed by atoms with Crippen LogP contribution < -0.4 is 8.92 Å². The molecule has 13 heteroatoms. The fourth-order valence-electron chi connectivity index (χ4n) is 3.27. The fraction of sp³-hybridized carbons (Fsp3) is 0.0833. The van der Waals surface area contributed by atoms with Gasteiger partial charge in [-0.15, -0.1) is 0 Å². The van der Waals surface area contributed by atoms with Gasteiger partial charge in [-0.1, -0.05) is 40.9 Å². The Hall–Kier alpha value is -2.76. The molecular weight excluding hydrogens is 588 g/mol. The molecule has 4 rings (SSSR count). The van der Waals surface area contributed by atoms with E-state index >= 15 is 0 Å². The summed E-state index contributed by atoms with van der Waals surface area (Å²) in [7, 11) is -2.97. The summed E-state index contributed by atoms with van der Waals surface area (Å²) in [4.78, 5) is 26.3. The quantitative estimate of drug-likeness (QED) is 0.217. The number of benzene rings is 3. The van der Waals surface area contributed by atoms with Crippen LogP contribution in [0.3, 0.4) is 0 Å². The van der Waals surface area contributed by atoms with E-state index in [1.54, 1.807) is 0 Å². The number of rotatable bonds is 7. The van der Waals surface area contributed by atoms with E-state index in [0.29, 0.717) is 27.9 Å². The Labute approximate surface area is 230 Å². The van der Waals surface area contributed by atoms with E-state index in [9.17, 15) is 22.4 Å². The third-order valence-electron chi connectivity index (χ3n) is 5.06. The van der Waals surface area contributed by atoms with Crippen LogP contribution in [0.5, 0.6) is 11.5 Å². The van der Waals surface area contributed by atoms with E-state index in [0.717, 1.165) is 11.0 Å². The second-order valence-corrected chi connectivity index (χ2v) is 11.3. The Morgan fingerprint density at radius 2 is 1.70 bits per heavy atom. The van der Waals surface area contributed by atoms with Gasteiger partial charge < -0.3 is 8.92 Å². The molecule has 1 fully saturated rings. The van der Waals surface area contributed by atoms with Crippen LogP contribution in [0.4, 0.5) is 9.18 Å². The molecule has 37 heavy (non-hydrogen) atoms. The first kappa shape index (κ1) is 27.3. The van der Waals surface area contributed by atoms with Crippen LogP contribution in [0.15, 0.2) is 64.4 Å². The highest BCUT2D eigenvalue weighted by Crippen LogP contribution is 2.40. The first-order valence-electron chi connectivity index (χ1n) is 10.3. The molecule has 0 aliphatic carbocycles. The van der Waals surface area contributed by atoms with Gasteiger partial charge in [0.1, 0.15) is 10.7 Å². The van der Waals surface area contributed by atoms with Gasteiger partial charge in [0.2, 0.25) is 5.75 Å². The predicted molar refractivity (Wildman–Crippen MR) is 140 cm³/mol. The number of methoxy groups -OCH3 is 1. The van der Waals surface area contributed by atoms with Crippen LogP contribution in [0, 0.1) is 5.82 Å². The highest BCUT2D eigenvalue weighted by molar-refractivity contribution is 8.18. The molecule has 7 nitrogen and oxygen atoms in total. The molecule has 0 spiro atoms. The Balaban J connectivity index is 1.60. The standard InChI is InChI=1S/C24H15Cl3FNO6S2/c1-34-20-9-13(8-19(27)22(20)35-37(32,33)17-6-3-15(25)4-7-17)10-21-23(30)29(24(31)36-21)12-14-2-5-16(28)11-18(14)26/h2-11H,12H2,1H3/b21-10-. The molecule has 0 atom stereocenters. The first-order chi connectivity index (χ1) is 17.5. The van der Waals surface area contributed by atoms with Gasteiger partial charge in [0.25, 0.3) is 11.1 Å². The predicted octanol–water partition coefficient (Wildman–Crippen LogP) is 6.80. The van der Waals surface area contributed by atoms with Gasteiger partial charge in [0.15, 0.2) is 5.75 Å². The minimum atomic E-state index is -4.26. The smallest absolute Gasteiger partial charge is 0.339 e. The number of hydrogen-bond donors (Lipinski definition) is 0.